The molecule has 0 radical (unpaired) electrons. The van der Waals surface area contributed by atoms with Gasteiger partial charge in [0.2, 0.25) is 0 Å². The van der Waals surface area contributed by atoms with E-state index in [1.807, 2.05) is 6.07 Å². The Morgan fingerprint density at radius 3 is 2.85 bits per heavy atom. The summed E-state index contributed by atoms with van der Waals surface area (Å²) in [5.74, 6) is -0.915. The van der Waals surface area contributed by atoms with Crippen LogP contribution in [0.2, 0.25) is 0 Å². The average Bonchev–Trinajstić information content (AvgIpc) is 2.46. The first-order valence-corrected chi connectivity index (χ1v) is 4.48. The van der Waals surface area contributed by atoms with Gasteiger partial charge >= 0.3 is 5.97 Å². The molecule has 0 aliphatic carbocycles. The van der Waals surface area contributed by atoms with Crippen molar-refractivity contribution < 1.29 is 9.90 Å². The number of carbonyl (C=O) groups is 1. The molecule has 0 saturated carbocycles. The first-order chi connectivity index (χ1) is 6.18. The van der Waals surface area contributed by atoms with Crippen LogP contribution in [0.3, 0.4) is 0 Å². The van der Waals surface area contributed by atoms with Crippen molar-refractivity contribution in [3.63, 3.8) is 0 Å². The van der Waals surface area contributed by atoms with Gasteiger partial charge < -0.3 is 9.51 Å². The normalized spacial score (nSPS) is 10.5. The second-order valence-corrected chi connectivity index (χ2v) is 3.58. The molecule has 0 bridgehead atoms. The van der Waals surface area contributed by atoms with Crippen LogP contribution in [0.25, 0.3) is 5.52 Å². The van der Waals surface area contributed by atoms with Crippen molar-refractivity contribution in [3.8, 4) is 0 Å². The fourth-order valence-electron chi connectivity index (χ4n) is 1.26. The maximum absolute atomic E-state index is 10.7. The second kappa shape index (κ2) is 2.88. The fourth-order valence-corrected chi connectivity index (χ4v) is 1.61. The zero-order valence-electron chi connectivity index (χ0n) is 6.57. The molecule has 0 spiro atoms. The third-order valence-corrected chi connectivity index (χ3v) is 2.33. The second-order valence-electron chi connectivity index (χ2n) is 2.66. The Morgan fingerprint density at radius 2 is 2.15 bits per heavy atom. The molecule has 0 aliphatic rings. The molecule has 0 atom stereocenters. The van der Waals surface area contributed by atoms with Crippen molar-refractivity contribution >= 4 is 27.4 Å². The lowest BCUT2D eigenvalue weighted by molar-refractivity contribution is 0.0689. The number of pyridine rings is 1. The van der Waals surface area contributed by atoms with Gasteiger partial charge in [-0.05, 0) is 24.3 Å². The van der Waals surface area contributed by atoms with Crippen LogP contribution in [0.5, 0.6) is 0 Å². The third kappa shape index (κ3) is 1.33. The van der Waals surface area contributed by atoms with Crippen LogP contribution in [-0.2, 0) is 0 Å². The third-order valence-electron chi connectivity index (χ3n) is 1.84. The van der Waals surface area contributed by atoms with Crippen molar-refractivity contribution in [2.24, 2.45) is 0 Å². The van der Waals surface area contributed by atoms with Crippen LogP contribution in [0.15, 0.2) is 34.9 Å². The minimum atomic E-state index is -0.915. The highest BCUT2D eigenvalue weighted by Gasteiger charge is 2.07. The summed E-state index contributed by atoms with van der Waals surface area (Å²) >= 11 is 3.32. The molecule has 0 aromatic carbocycles. The van der Waals surface area contributed by atoms with Gasteiger partial charge in [-0.25, -0.2) is 4.79 Å². The summed E-state index contributed by atoms with van der Waals surface area (Å²) in [7, 11) is 0. The predicted octanol–water partition coefficient (Wildman–Crippen LogP) is 2.40. The molecular weight excluding hydrogens is 234 g/mol. The first-order valence-electron chi connectivity index (χ1n) is 3.68. The highest BCUT2D eigenvalue weighted by molar-refractivity contribution is 9.10. The maximum atomic E-state index is 10.7. The van der Waals surface area contributed by atoms with Crippen molar-refractivity contribution in [2.45, 2.75) is 0 Å². The lowest BCUT2D eigenvalue weighted by Crippen LogP contribution is -2.00. The molecule has 66 valence electrons. The molecular formula is C9H6BrNO2. The van der Waals surface area contributed by atoms with Gasteiger partial charge in [0.25, 0.3) is 0 Å². The van der Waals surface area contributed by atoms with Gasteiger partial charge in [0.05, 0.1) is 0 Å². The lowest BCUT2D eigenvalue weighted by Gasteiger charge is -1.97. The Hall–Kier alpha value is -1.29. The van der Waals surface area contributed by atoms with Crippen LogP contribution in [-0.4, -0.2) is 15.5 Å². The van der Waals surface area contributed by atoms with E-state index < -0.39 is 5.97 Å². The first kappa shape index (κ1) is 8.31. The molecule has 2 heterocycles. The number of aromatic nitrogens is 1. The molecule has 13 heavy (non-hydrogen) atoms. The Morgan fingerprint density at radius 1 is 1.38 bits per heavy atom. The molecule has 2 aromatic heterocycles. The summed E-state index contributed by atoms with van der Waals surface area (Å²) in [5, 5.41) is 8.81. The fraction of sp³-hybridized carbons (Fsp3) is 0. The SMILES string of the molecule is O=C(O)c1ccc2cc(Br)ccn12. The monoisotopic (exact) mass is 239 g/mol. The van der Waals surface area contributed by atoms with Gasteiger partial charge in [-0.3, -0.25) is 0 Å². The minimum absolute atomic E-state index is 0.280. The summed E-state index contributed by atoms with van der Waals surface area (Å²) < 4.78 is 2.57. The van der Waals surface area contributed by atoms with Crippen molar-refractivity contribution in [1.82, 2.24) is 4.40 Å². The Bertz CT molecular complexity index is 475. The number of hydrogen-bond donors (Lipinski definition) is 1. The van der Waals surface area contributed by atoms with Gasteiger partial charge in [0.1, 0.15) is 5.69 Å². The van der Waals surface area contributed by atoms with Gasteiger partial charge in [-0.2, -0.15) is 0 Å². The Labute approximate surface area is 82.7 Å². The molecule has 0 amide bonds. The van der Waals surface area contributed by atoms with E-state index in [4.69, 9.17) is 5.11 Å². The van der Waals surface area contributed by atoms with Gasteiger partial charge in [0.15, 0.2) is 0 Å². The minimum Gasteiger partial charge on any atom is -0.477 e. The maximum Gasteiger partial charge on any atom is 0.352 e. The number of nitrogens with zero attached hydrogens (tertiary/aromatic N) is 1. The molecule has 0 aliphatic heterocycles. The number of carboxylic acids is 1. The van der Waals surface area contributed by atoms with Gasteiger partial charge in [-0.1, -0.05) is 15.9 Å². The van der Waals surface area contributed by atoms with Gasteiger partial charge in [0, 0.05) is 16.2 Å². The highest BCUT2D eigenvalue weighted by Crippen LogP contribution is 2.16. The highest BCUT2D eigenvalue weighted by atomic mass is 79.9. The molecule has 1 N–H and O–H groups in total. The van der Waals surface area contributed by atoms with E-state index in [2.05, 4.69) is 15.9 Å². The van der Waals surface area contributed by atoms with E-state index in [9.17, 15) is 4.79 Å². The number of carboxylic acid groups (broad SMARTS) is 1. The van der Waals surface area contributed by atoms with E-state index in [1.165, 1.54) is 0 Å². The topological polar surface area (TPSA) is 41.7 Å². The number of rotatable bonds is 1. The quantitative estimate of drug-likeness (QED) is 0.831. The molecule has 2 rings (SSSR count). The van der Waals surface area contributed by atoms with Crippen LogP contribution >= 0.6 is 15.9 Å². The summed E-state index contributed by atoms with van der Waals surface area (Å²) in [6, 6.07) is 7.03. The zero-order chi connectivity index (χ0) is 9.42. The van der Waals surface area contributed by atoms with E-state index in [0.29, 0.717) is 0 Å². The predicted molar refractivity (Wildman–Crippen MR) is 52.1 cm³/mol. The molecule has 4 heteroatoms. The van der Waals surface area contributed by atoms with Crippen molar-refractivity contribution in [3.05, 3.63) is 40.6 Å². The molecule has 0 unspecified atom stereocenters. The molecule has 2 aromatic rings. The Kier molecular flexibility index (Phi) is 1.84. The van der Waals surface area contributed by atoms with E-state index >= 15 is 0 Å². The zero-order valence-corrected chi connectivity index (χ0v) is 8.15. The van der Waals surface area contributed by atoms with E-state index in [1.54, 1.807) is 28.8 Å². The number of hydrogen-bond acceptors (Lipinski definition) is 1. The Balaban J connectivity index is 2.76. The van der Waals surface area contributed by atoms with Gasteiger partial charge in [-0.15, -0.1) is 0 Å². The molecule has 0 fully saturated rings. The average molecular weight is 240 g/mol. The lowest BCUT2D eigenvalue weighted by atomic mass is 10.4. The number of aromatic carboxylic acids is 1. The van der Waals surface area contributed by atoms with Crippen LogP contribution < -0.4 is 0 Å². The van der Waals surface area contributed by atoms with Crippen molar-refractivity contribution in [2.75, 3.05) is 0 Å². The molecule has 0 saturated heterocycles. The van der Waals surface area contributed by atoms with E-state index in [-0.39, 0.29) is 5.69 Å². The summed E-state index contributed by atoms with van der Waals surface area (Å²) in [4.78, 5) is 10.7. The number of fused-ring (bicyclic) bond motifs is 1. The van der Waals surface area contributed by atoms with Crippen LogP contribution in [0.4, 0.5) is 0 Å². The number of halogens is 1. The summed E-state index contributed by atoms with van der Waals surface area (Å²) in [6.07, 6.45) is 1.73. The standard InChI is InChI=1S/C9H6BrNO2/c10-6-3-4-11-7(5-6)1-2-8(11)9(12)13/h1-5H,(H,12,13). The van der Waals surface area contributed by atoms with Crippen LogP contribution in [0, 0.1) is 0 Å². The van der Waals surface area contributed by atoms with Crippen LogP contribution in [0.1, 0.15) is 10.5 Å². The summed E-state index contributed by atoms with van der Waals surface area (Å²) in [5.41, 5.74) is 1.15. The molecule has 3 nitrogen and oxygen atoms in total. The van der Waals surface area contributed by atoms with E-state index in [0.717, 1.165) is 9.99 Å². The summed E-state index contributed by atoms with van der Waals surface area (Å²) in [6.45, 7) is 0. The largest absolute Gasteiger partial charge is 0.477 e. The van der Waals surface area contributed by atoms with Crippen molar-refractivity contribution in [1.29, 1.82) is 0 Å². The smallest absolute Gasteiger partial charge is 0.352 e.